The first-order valence-corrected chi connectivity index (χ1v) is 8.51. The molecule has 0 aromatic rings. The molecule has 0 radical (unpaired) electrons. The average Bonchev–Trinajstić information content (AvgIpc) is 3.12. The molecule has 0 aromatic heterocycles. The molecule has 3 atom stereocenters. The van der Waals surface area contributed by atoms with Crippen molar-refractivity contribution in [2.24, 2.45) is 11.8 Å². The number of nitrogens with zero attached hydrogens (tertiary/aromatic N) is 1. The van der Waals surface area contributed by atoms with Crippen molar-refractivity contribution in [1.29, 1.82) is 0 Å². The van der Waals surface area contributed by atoms with Crippen LogP contribution >= 0.6 is 0 Å². The summed E-state index contributed by atoms with van der Waals surface area (Å²) in [5, 5.41) is 3.47. The summed E-state index contributed by atoms with van der Waals surface area (Å²) in [6.45, 7) is 6.15. The van der Waals surface area contributed by atoms with Crippen molar-refractivity contribution >= 4 is 5.91 Å². The van der Waals surface area contributed by atoms with Crippen LogP contribution in [0.4, 0.5) is 0 Å². The summed E-state index contributed by atoms with van der Waals surface area (Å²) in [6, 6.07) is 0. The van der Waals surface area contributed by atoms with E-state index in [2.05, 4.69) is 5.32 Å². The van der Waals surface area contributed by atoms with Gasteiger partial charge >= 0.3 is 0 Å². The largest absolute Gasteiger partial charge is 0.378 e. The smallest absolute Gasteiger partial charge is 0.224 e. The number of hydrogen-bond donors (Lipinski definition) is 1. The van der Waals surface area contributed by atoms with Crippen molar-refractivity contribution in [1.82, 2.24) is 10.2 Å². The Balaban J connectivity index is 1.33. The third-order valence-electron chi connectivity index (χ3n) is 5.16. The minimum absolute atomic E-state index is 0.255. The van der Waals surface area contributed by atoms with Gasteiger partial charge in [0.25, 0.3) is 0 Å². The quantitative estimate of drug-likeness (QED) is 0.770. The van der Waals surface area contributed by atoms with E-state index in [1.54, 1.807) is 0 Å². The molecule has 120 valence electrons. The van der Waals surface area contributed by atoms with E-state index >= 15 is 0 Å². The van der Waals surface area contributed by atoms with Gasteiger partial charge in [-0.15, -0.1) is 0 Å². The van der Waals surface area contributed by atoms with Crippen LogP contribution in [0.25, 0.3) is 0 Å². The van der Waals surface area contributed by atoms with Gasteiger partial charge in [0.05, 0.1) is 25.7 Å². The zero-order chi connectivity index (χ0) is 14.5. The highest BCUT2D eigenvalue weighted by molar-refractivity contribution is 5.76. The van der Waals surface area contributed by atoms with Crippen molar-refractivity contribution in [3.8, 4) is 0 Å². The van der Waals surface area contributed by atoms with Crippen LogP contribution in [0.3, 0.4) is 0 Å². The van der Waals surface area contributed by atoms with Crippen LogP contribution in [-0.4, -0.2) is 62.9 Å². The summed E-state index contributed by atoms with van der Waals surface area (Å²) in [5.41, 5.74) is 0. The molecule has 3 aliphatic heterocycles. The molecular formula is C16H28N2O3. The maximum Gasteiger partial charge on any atom is 0.224 e. The molecule has 3 rings (SSSR count). The van der Waals surface area contributed by atoms with Crippen molar-refractivity contribution in [2.45, 2.75) is 38.2 Å². The van der Waals surface area contributed by atoms with E-state index < -0.39 is 0 Å². The van der Waals surface area contributed by atoms with Crippen molar-refractivity contribution in [3.63, 3.8) is 0 Å². The first-order valence-electron chi connectivity index (χ1n) is 8.51. The fourth-order valence-corrected chi connectivity index (χ4v) is 3.78. The second kappa shape index (κ2) is 7.56. The molecule has 3 heterocycles. The maximum atomic E-state index is 12.3. The predicted octanol–water partition coefficient (Wildman–Crippen LogP) is 1.03. The van der Waals surface area contributed by atoms with Gasteiger partial charge in [-0.25, -0.2) is 0 Å². The molecule has 1 amide bonds. The van der Waals surface area contributed by atoms with Gasteiger partial charge in [-0.3, -0.25) is 4.79 Å². The Labute approximate surface area is 127 Å². The van der Waals surface area contributed by atoms with Crippen LogP contribution < -0.4 is 5.32 Å². The first kappa shape index (κ1) is 15.3. The number of nitrogens with one attached hydrogen (secondary N) is 1. The van der Waals surface area contributed by atoms with Crippen molar-refractivity contribution in [2.75, 3.05) is 46.0 Å². The topological polar surface area (TPSA) is 50.8 Å². The lowest BCUT2D eigenvalue weighted by Gasteiger charge is -2.21. The summed E-state index contributed by atoms with van der Waals surface area (Å²) < 4.78 is 11.1. The molecule has 0 aromatic carbocycles. The van der Waals surface area contributed by atoms with Gasteiger partial charge in [-0.05, 0) is 50.6 Å². The zero-order valence-electron chi connectivity index (χ0n) is 12.9. The lowest BCUT2D eigenvalue weighted by Crippen LogP contribution is -2.33. The number of ether oxygens (including phenoxy) is 2. The Kier molecular flexibility index (Phi) is 5.49. The SMILES string of the molecule is O=C(CCOCC1CCCO1)N1CC[C@@H]2CNC[C@@H]2CC1. The maximum absolute atomic E-state index is 12.3. The lowest BCUT2D eigenvalue weighted by atomic mass is 9.92. The van der Waals surface area contributed by atoms with E-state index in [0.717, 1.165) is 70.3 Å². The number of likely N-dealkylation sites (tertiary alicyclic amines) is 1. The molecule has 0 bridgehead atoms. The van der Waals surface area contributed by atoms with Gasteiger partial charge in [0.15, 0.2) is 0 Å². The summed E-state index contributed by atoms with van der Waals surface area (Å²) in [6.07, 6.45) is 5.31. The van der Waals surface area contributed by atoms with Crippen LogP contribution in [-0.2, 0) is 14.3 Å². The Morgan fingerprint density at radius 1 is 1.19 bits per heavy atom. The fraction of sp³-hybridized carbons (Fsp3) is 0.938. The normalized spacial score (nSPS) is 33.0. The fourth-order valence-electron chi connectivity index (χ4n) is 3.78. The summed E-state index contributed by atoms with van der Waals surface area (Å²) in [5.74, 6) is 1.81. The Bertz CT molecular complexity index is 330. The number of carbonyl (C=O) groups is 1. The highest BCUT2D eigenvalue weighted by Crippen LogP contribution is 2.27. The summed E-state index contributed by atoms with van der Waals surface area (Å²) >= 11 is 0. The second-order valence-corrected chi connectivity index (χ2v) is 6.60. The molecule has 0 saturated carbocycles. The third kappa shape index (κ3) is 4.18. The molecule has 5 nitrogen and oxygen atoms in total. The molecule has 0 spiro atoms. The Morgan fingerprint density at radius 3 is 2.62 bits per heavy atom. The number of amides is 1. The molecule has 3 saturated heterocycles. The van der Waals surface area contributed by atoms with E-state index in [-0.39, 0.29) is 12.0 Å². The van der Waals surface area contributed by atoms with Crippen LogP contribution in [0.15, 0.2) is 0 Å². The van der Waals surface area contributed by atoms with Gasteiger partial charge in [0.1, 0.15) is 0 Å². The molecule has 1 unspecified atom stereocenters. The molecule has 1 N–H and O–H groups in total. The van der Waals surface area contributed by atoms with Crippen molar-refractivity contribution < 1.29 is 14.3 Å². The van der Waals surface area contributed by atoms with Gasteiger partial charge in [0.2, 0.25) is 5.91 Å². The lowest BCUT2D eigenvalue weighted by molar-refractivity contribution is -0.132. The predicted molar refractivity (Wildman–Crippen MR) is 80.1 cm³/mol. The Morgan fingerprint density at radius 2 is 1.95 bits per heavy atom. The zero-order valence-corrected chi connectivity index (χ0v) is 12.9. The number of rotatable bonds is 5. The molecular weight excluding hydrogens is 268 g/mol. The minimum Gasteiger partial charge on any atom is -0.378 e. The van der Waals surface area contributed by atoms with Crippen molar-refractivity contribution in [3.05, 3.63) is 0 Å². The highest BCUT2D eigenvalue weighted by atomic mass is 16.5. The minimum atomic E-state index is 0.255. The number of hydrogen-bond acceptors (Lipinski definition) is 4. The Hall–Kier alpha value is -0.650. The molecule has 3 aliphatic rings. The highest BCUT2D eigenvalue weighted by Gasteiger charge is 2.31. The molecule has 3 fully saturated rings. The van der Waals surface area contributed by atoms with E-state index in [0.29, 0.717) is 19.6 Å². The van der Waals surface area contributed by atoms with Crippen LogP contribution in [0.1, 0.15) is 32.1 Å². The van der Waals surface area contributed by atoms with E-state index in [1.807, 2.05) is 4.90 Å². The average molecular weight is 296 g/mol. The van der Waals surface area contributed by atoms with Crippen LogP contribution in [0, 0.1) is 11.8 Å². The van der Waals surface area contributed by atoms with Gasteiger partial charge in [0, 0.05) is 19.7 Å². The van der Waals surface area contributed by atoms with Gasteiger partial charge in [-0.1, -0.05) is 0 Å². The van der Waals surface area contributed by atoms with Gasteiger partial charge < -0.3 is 19.7 Å². The van der Waals surface area contributed by atoms with Gasteiger partial charge in [-0.2, -0.15) is 0 Å². The third-order valence-corrected chi connectivity index (χ3v) is 5.16. The molecule has 5 heteroatoms. The standard InChI is InChI=1S/C16H28N2O3/c19-16(5-9-20-12-15-2-1-8-21-15)18-6-3-13-10-17-11-14(13)4-7-18/h13-15,17H,1-12H2/t13-,14+,15?. The molecule has 0 aliphatic carbocycles. The first-order chi connectivity index (χ1) is 10.3. The number of carbonyl (C=O) groups excluding carboxylic acids is 1. The van der Waals surface area contributed by atoms with E-state index in [4.69, 9.17) is 9.47 Å². The van der Waals surface area contributed by atoms with Crippen LogP contribution in [0.2, 0.25) is 0 Å². The van der Waals surface area contributed by atoms with E-state index in [9.17, 15) is 4.79 Å². The molecule has 21 heavy (non-hydrogen) atoms. The number of fused-ring (bicyclic) bond motifs is 1. The summed E-state index contributed by atoms with van der Waals surface area (Å²) in [4.78, 5) is 14.3. The van der Waals surface area contributed by atoms with Crippen LogP contribution in [0.5, 0.6) is 0 Å². The monoisotopic (exact) mass is 296 g/mol. The summed E-state index contributed by atoms with van der Waals surface area (Å²) in [7, 11) is 0. The van der Waals surface area contributed by atoms with E-state index in [1.165, 1.54) is 0 Å². The second-order valence-electron chi connectivity index (χ2n) is 6.60.